The molecule has 2 nitrogen and oxygen atoms in total. The molecule has 1 fully saturated rings. The number of hydrogen-bond acceptors (Lipinski definition) is 2. The van der Waals surface area contributed by atoms with Gasteiger partial charge in [0.1, 0.15) is 11.6 Å². The van der Waals surface area contributed by atoms with Crippen LogP contribution in [0.25, 0.3) is 0 Å². The Kier molecular flexibility index (Phi) is 5.28. The molecule has 19 heavy (non-hydrogen) atoms. The van der Waals surface area contributed by atoms with Gasteiger partial charge in [0.2, 0.25) is 0 Å². The highest BCUT2D eigenvalue weighted by molar-refractivity contribution is 5.22. The van der Waals surface area contributed by atoms with E-state index in [-0.39, 0.29) is 18.0 Å². The van der Waals surface area contributed by atoms with E-state index in [1.807, 2.05) is 6.92 Å². The second-order valence-electron chi connectivity index (χ2n) is 5.00. The van der Waals surface area contributed by atoms with Gasteiger partial charge < -0.3 is 10.1 Å². The molecule has 0 saturated carbocycles. The minimum Gasteiger partial charge on any atom is -0.378 e. The molecule has 0 bridgehead atoms. The van der Waals surface area contributed by atoms with Crippen LogP contribution in [0.5, 0.6) is 0 Å². The summed E-state index contributed by atoms with van der Waals surface area (Å²) in [5.74, 6) is -0.757. The molecule has 0 aromatic heterocycles. The van der Waals surface area contributed by atoms with Crippen molar-refractivity contribution in [3.63, 3.8) is 0 Å². The van der Waals surface area contributed by atoms with E-state index in [4.69, 9.17) is 4.74 Å². The molecule has 0 aliphatic carbocycles. The number of rotatable bonds is 5. The topological polar surface area (TPSA) is 21.3 Å². The predicted octanol–water partition coefficient (Wildman–Crippen LogP) is 3.57. The predicted molar refractivity (Wildman–Crippen MR) is 71.0 cm³/mol. The van der Waals surface area contributed by atoms with Crippen LogP contribution in [0.1, 0.15) is 44.2 Å². The SMILES string of the molecule is CCNC(CC1CCCCO1)c1cc(F)ccc1F. The molecule has 0 spiro atoms. The lowest BCUT2D eigenvalue weighted by Gasteiger charge is -2.28. The van der Waals surface area contributed by atoms with Crippen molar-refractivity contribution in [1.82, 2.24) is 5.32 Å². The van der Waals surface area contributed by atoms with Gasteiger partial charge in [-0.2, -0.15) is 0 Å². The third-order valence-corrected chi connectivity index (χ3v) is 3.56. The molecule has 1 heterocycles. The molecule has 4 heteroatoms. The van der Waals surface area contributed by atoms with Crippen LogP contribution in [0, 0.1) is 11.6 Å². The summed E-state index contributed by atoms with van der Waals surface area (Å²) >= 11 is 0. The number of nitrogens with one attached hydrogen (secondary N) is 1. The Morgan fingerprint density at radius 3 is 2.89 bits per heavy atom. The Morgan fingerprint density at radius 1 is 1.37 bits per heavy atom. The van der Waals surface area contributed by atoms with E-state index in [9.17, 15) is 8.78 Å². The minimum absolute atomic E-state index is 0.139. The van der Waals surface area contributed by atoms with E-state index in [0.29, 0.717) is 18.5 Å². The summed E-state index contributed by atoms with van der Waals surface area (Å²) in [6.45, 7) is 3.45. The molecule has 1 aromatic carbocycles. The van der Waals surface area contributed by atoms with Crippen LogP contribution < -0.4 is 5.32 Å². The third-order valence-electron chi connectivity index (χ3n) is 3.56. The minimum atomic E-state index is -0.399. The summed E-state index contributed by atoms with van der Waals surface area (Å²) in [6.07, 6.45) is 4.07. The van der Waals surface area contributed by atoms with Gasteiger partial charge in [0.05, 0.1) is 6.10 Å². The average molecular weight is 269 g/mol. The lowest BCUT2D eigenvalue weighted by atomic mass is 9.96. The van der Waals surface area contributed by atoms with Gasteiger partial charge in [-0.05, 0) is 50.4 Å². The van der Waals surface area contributed by atoms with Crippen LogP contribution in [-0.2, 0) is 4.74 Å². The zero-order chi connectivity index (χ0) is 13.7. The fourth-order valence-electron chi connectivity index (χ4n) is 2.60. The summed E-state index contributed by atoms with van der Waals surface area (Å²) in [7, 11) is 0. The van der Waals surface area contributed by atoms with Crippen molar-refractivity contribution in [1.29, 1.82) is 0 Å². The van der Waals surface area contributed by atoms with E-state index in [1.54, 1.807) is 0 Å². The van der Waals surface area contributed by atoms with Crippen molar-refractivity contribution in [2.45, 2.75) is 44.8 Å². The van der Waals surface area contributed by atoms with Crippen molar-refractivity contribution in [3.8, 4) is 0 Å². The highest BCUT2D eigenvalue weighted by Crippen LogP contribution is 2.27. The van der Waals surface area contributed by atoms with Crippen molar-refractivity contribution >= 4 is 0 Å². The van der Waals surface area contributed by atoms with Gasteiger partial charge in [0.15, 0.2) is 0 Å². The zero-order valence-corrected chi connectivity index (χ0v) is 11.3. The van der Waals surface area contributed by atoms with Crippen molar-refractivity contribution in [2.75, 3.05) is 13.2 Å². The van der Waals surface area contributed by atoms with Crippen molar-refractivity contribution in [3.05, 3.63) is 35.4 Å². The molecule has 0 radical (unpaired) electrons. The Labute approximate surface area is 113 Å². The molecule has 1 aliphatic rings. The van der Waals surface area contributed by atoms with E-state index < -0.39 is 5.82 Å². The molecule has 2 rings (SSSR count). The quantitative estimate of drug-likeness (QED) is 0.882. The van der Waals surface area contributed by atoms with Gasteiger partial charge in [0.25, 0.3) is 0 Å². The fourth-order valence-corrected chi connectivity index (χ4v) is 2.60. The molecule has 1 saturated heterocycles. The highest BCUT2D eigenvalue weighted by Gasteiger charge is 2.22. The van der Waals surface area contributed by atoms with Gasteiger partial charge in [-0.3, -0.25) is 0 Å². The molecular formula is C15H21F2NO. The fraction of sp³-hybridized carbons (Fsp3) is 0.600. The molecule has 2 unspecified atom stereocenters. The summed E-state index contributed by atoms with van der Waals surface area (Å²) in [4.78, 5) is 0. The molecule has 1 aliphatic heterocycles. The number of ether oxygens (including phenoxy) is 1. The van der Waals surface area contributed by atoms with Crippen molar-refractivity contribution in [2.24, 2.45) is 0 Å². The Bertz CT molecular complexity index is 405. The van der Waals surface area contributed by atoms with Gasteiger partial charge in [-0.1, -0.05) is 6.92 Å². The maximum Gasteiger partial charge on any atom is 0.128 e. The van der Waals surface area contributed by atoms with E-state index in [1.165, 1.54) is 12.1 Å². The first kappa shape index (κ1) is 14.4. The molecule has 2 atom stereocenters. The lowest BCUT2D eigenvalue weighted by Crippen LogP contribution is -2.29. The van der Waals surface area contributed by atoms with Gasteiger partial charge >= 0.3 is 0 Å². The standard InChI is InChI=1S/C15H21F2NO/c1-2-18-15(10-12-5-3-4-8-19-12)13-9-11(16)6-7-14(13)17/h6-7,9,12,15,18H,2-5,8,10H2,1H3. The van der Waals surface area contributed by atoms with Crippen LogP contribution in [0.15, 0.2) is 18.2 Å². The molecule has 106 valence electrons. The summed E-state index contributed by atoms with van der Waals surface area (Å²) in [6, 6.07) is 3.44. The van der Waals surface area contributed by atoms with E-state index >= 15 is 0 Å². The summed E-state index contributed by atoms with van der Waals surface area (Å²) < 4.78 is 32.8. The Morgan fingerprint density at radius 2 is 2.21 bits per heavy atom. The summed E-state index contributed by atoms with van der Waals surface area (Å²) in [5, 5.41) is 3.23. The highest BCUT2D eigenvalue weighted by atomic mass is 19.1. The van der Waals surface area contributed by atoms with Crippen LogP contribution in [0.3, 0.4) is 0 Å². The first-order valence-electron chi connectivity index (χ1n) is 7.00. The Hall–Kier alpha value is -1.00. The van der Waals surface area contributed by atoms with E-state index in [0.717, 1.165) is 31.9 Å². The second kappa shape index (κ2) is 6.96. The average Bonchev–Trinajstić information content (AvgIpc) is 2.42. The smallest absolute Gasteiger partial charge is 0.128 e. The number of halogens is 2. The third kappa shape index (κ3) is 3.98. The first-order chi connectivity index (χ1) is 9.20. The lowest BCUT2D eigenvalue weighted by molar-refractivity contribution is 0.00493. The largest absolute Gasteiger partial charge is 0.378 e. The van der Waals surface area contributed by atoms with E-state index in [2.05, 4.69) is 5.32 Å². The first-order valence-corrected chi connectivity index (χ1v) is 7.00. The maximum atomic E-state index is 13.8. The Balaban J connectivity index is 2.11. The van der Waals surface area contributed by atoms with Gasteiger partial charge in [0, 0.05) is 18.2 Å². The normalized spacial score (nSPS) is 21.3. The molecule has 1 aromatic rings. The van der Waals surface area contributed by atoms with Crippen molar-refractivity contribution < 1.29 is 13.5 Å². The zero-order valence-electron chi connectivity index (χ0n) is 11.3. The molecular weight excluding hydrogens is 248 g/mol. The monoisotopic (exact) mass is 269 g/mol. The second-order valence-corrected chi connectivity index (χ2v) is 5.00. The van der Waals surface area contributed by atoms with Gasteiger partial charge in [-0.15, -0.1) is 0 Å². The maximum absolute atomic E-state index is 13.8. The van der Waals surface area contributed by atoms with Gasteiger partial charge in [-0.25, -0.2) is 8.78 Å². The van der Waals surface area contributed by atoms with Crippen LogP contribution in [0.4, 0.5) is 8.78 Å². The van der Waals surface area contributed by atoms with Crippen LogP contribution in [0.2, 0.25) is 0 Å². The molecule has 1 N–H and O–H groups in total. The number of hydrogen-bond donors (Lipinski definition) is 1. The summed E-state index contributed by atoms with van der Waals surface area (Å²) in [5.41, 5.74) is 0.399. The number of benzene rings is 1. The van der Waals surface area contributed by atoms with Crippen LogP contribution in [-0.4, -0.2) is 19.3 Å². The molecule has 0 amide bonds. The van der Waals surface area contributed by atoms with Crippen LogP contribution >= 0.6 is 0 Å².